The number of rotatable bonds is 6. The molecule has 0 unspecified atom stereocenters. The lowest BCUT2D eigenvalue weighted by molar-refractivity contribution is -0.122. The van der Waals surface area contributed by atoms with Crippen LogP contribution < -0.4 is 5.32 Å². The van der Waals surface area contributed by atoms with E-state index in [4.69, 9.17) is 4.74 Å². The summed E-state index contributed by atoms with van der Waals surface area (Å²) in [5, 5.41) is 3.20. The first-order valence-corrected chi connectivity index (χ1v) is 10.3. The molecule has 1 aliphatic carbocycles. The number of carbonyl (C=O) groups excluding carboxylic acids is 2. The van der Waals surface area contributed by atoms with Gasteiger partial charge in [-0.3, -0.25) is 4.79 Å². The second kappa shape index (κ2) is 9.58. The maximum atomic E-state index is 12.8. The lowest BCUT2D eigenvalue weighted by Gasteiger charge is -2.18. The zero-order chi connectivity index (χ0) is 19.9. The second-order valence-corrected chi connectivity index (χ2v) is 7.46. The zero-order valence-electron chi connectivity index (χ0n) is 16.9. The van der Waals surface area contributed by atoms with Gasteiger partial charge in [-0.25, -0.2) is 4.79 Å². The number of ether oxygens (including phenoxy) is 1. The Morgan fingerprint density at radius 1 is 1.11 bits per heavy atom. The van der Waals surface area contributed by atoms with E-state index in [1.807, 2.05) is 47.9 Å². The van der Waals surface area contributed by atoms with Gasteiger partial charge in [-0.1, -0.05) is 56.0 Å². The number of amides is 1. The second-order valence-electron chi connectivity index (χ2n) is 7.46. The fraction of sp³-hybridized carbons (Fsp3) is 0.478. The predicted octanol–water partition coefficient (Wildman–Crippen LogP) is 4.48. The summed E-state index contributed by atoms with van der Waals surface area (Å²) in [5.74, 6) is -0.349. The topological polar surface area (TPSA) is 60.3 Å². The van der Waals surface area contributed by atoms with Gasteiger partial charge in [0.15, 0.2) is 0 Å². The third-order valence-electron chi connectivity index (χ3n) is 5.45. The van der Waals surface area contributed by atoms with E-state index >= 15 is 0 Å². The van der Waals surface area contributed by atoms with Crippen molar-refractivity contribution in [2.75, 3.05) is 6.61 Å². The average Bonchev–Trinajstić information content (AvgIpc) is 2.85. The van der Waals surface area contributed by atoms with Crippen molar-refractivity contribution in [3.63, 3.8) is 0 Å². The fourth-order valence-corrected chi connectivity index (χ4v) is 3.95. The van der Waals surface area contributed by atoms with Crippen molar-refractivity contribution in [3.8, 4) is 11.3 Å². The van der Waals surface area contributed by atoms with Crippen molar-refractivity contribution < 1.29 is 14.3 Å². The molecule has 2 aromatic rings. The molecule has 1 aromatic carbocycles. The number of nitrogens with one attached hydrogen (secondary N) is 1. The first-order valence-electron chi connectivity index (χ1n) is 10.3. The van der Waals surface area contributed by atoms with Gasteiger partial charge in [-0.05, 0) is 38.3 Å². The fourth-order valence-electron chi connectivity index (χ4n) is 3.95. The van der Waals surface area contributed by atoms with Gasteiger partial charge in [0.1, 0.15) is 6.54 Å². The average molecular weight is 383 g/mol. The van der Waals surface area contributed by atoms with Crippen molar-refractivity contribution in [2.24, 2.45) is 0 Å². The molecule has 0 atom stereocenters. The molecule has 1 fully saturated rings. The Labute approximate surface area is 167 Å². The largest absolute Gasteiger partial charge is 0.462 e. The standard InChI is InChI=1S/C23H30N2O3/c1-3-28-23(27)20-15-21(18-11-7-6-8-12-18)25(17(20)2)16-22(26)24-19-13-9-4-5-10-14-19/h6-8,11-12,15,19H,3-5,9-10,13-14,16H2,1-2H3,(H,24,26). The highest BCUT2D eigenvalue weighted by Crippen LogP contribution is 2.26. The predicted molar refractivity (Wildman–Crippen MR) is 110 cm³/mol. The van der Waals surface area contributed by atoms with E-state index < -0.39 is 0 Å². The minimum absolute atomic E-state index is 0.00168. The van der Waals surface area contributed by atoms with Crippen molar-refractivity contribution in [3.05, 3.63) is 47.7 Å². The van der Waals surface area contributed by atoms with Crippen LogP contribution in [0.15, 0.2) is 36.4 Å². The molecular formula is C23H30N2O3. The van der Waals surface area contributed by atoms with Gasteiger partial charge < -0.3 is 14.6 Å². The number of esters is 1. The smallest absolute Gasteiger partial charge is 0.339 e. The van der Waals surface area contributed by atoms with Crippen LogP contribution in [0, 0.1) is 6.92 Å². The molecule has 0 saturated heterocycles. The van der Waals surface area contributed by atoms with Crippen molar-refractivity contribution in [1.29, 1.82) is 0 Å². The van der Waals surface area contributed by atoms with Crippen molar-refractivity contribution in [2.45, 2.75) is 65.0 Å². The molecular weight excluding hydrogens is 352 g/mol. The van der Waals surface area contributed by atoms with Crippen LogP contribution in [0.25, 0.3) is 11.3 Å². The van der Waals surface area contributed by atoms with Gasteiger partial charge >= 0.3 is 5.97 Å². The summed E-state index contributed by atoms with van der Waals surface area (Å²) < 4.78 is 7.12. The summed E-state index contributed by atoms with van der Waals surface area (Å²) >= 11 is 0. The Bertz CT molecular complexity index is 803. The van der Waals surface area contributed by atoms with Crippen LogP contribution in [0.3, 0.4) is 0 Å². The number of carbonyl (C=O) groups is 2. The molecule has 1 heterocycles. The Morgan fingerprint density at radius 3 is 2.43 bits per heavy atom. The van der Waals surface area contributed by atoms with Gasteiger partial charge in [0.2, 0.25) is 5.91 Å². The summed E-state index contributed by atoms with van der Waals surface area (Å²) in [5.41, 5.74) is 3.11. The van der Waals surface area contributed by atoms with Crippen LogP contribution in [-0.4, -0.2) is 29.1 Å². The molecule has 1 aromatic heterocycles. The van der Waals surface area contributed by atoms with Crippen molar-refractivity contribution in [1.82, 2.24) is 9.88 Å². The summed E-state index contributed by atoms with van der Waals surface area (Å²) in [6, 6.07) is 11.9. The lowest BCUT2D eigenvalue weighted by Crippen LogP contribution is -2.37. The van der Waals surface area contributed by atoms with E-state index in [1.54, 1.807) is 6.92 Å². The molecule has 5 heteroatoms. The third-order valence-corrected chi connectivity index (χ3v) is 5.45. The Morgan fingerprint density at radius 2 is 1.79 bits per heavy atom. The number of aromatic nitrogens is 1. The van der Waals surface area contributed by atoms with Gasteiger partial charge in [0.25, 0.3) is 0 Å². The maximum Gasteiger partial charge on any atom is 0.339 e. The quantitative estimate of drug-likeness (QED) is 0.592. The number of hydrogen-bond donors (Lipinski definition) is 1. The number of nitrogens with zero attached hydrogens (tertiary/aromatic N) is 1. The molecule has 1 amide bonds. The van der Waals surface area contributed by atoms with Crippen LogP contribution in [0.4, 0.5) is 0 Å². The number of benzene rings is 1. The van der Waals surface area contributed by atoms with Crippen LogP contribution in [0.1, 0.15) is 61.5 Å². The van der Waals surface area contributed by atoms with E-state index in [1.165, 1.54) is 25.7 Å². The Hall–Kier alpha value is -2.56. The monoisotopic (exact) mass is 382 g/mol. The van der Waals surface area contributed by atoms with E-state index in [0.29, 0.717) is 12.2 Å². The zero-order valence-corrected chi connectivity index (χ0v) is 16.9. The van der Waals surface area contributed by atoms with E-state index in [2.05, 4.69) is 5.32 Å². The molecule has 0 spiro atoms. The molecule has 1 aliphatic rings. The molecule has 0 bridgehead atoms. The van der Waals surface area contributed by atoms with Crippen LogP contribution in [-0.2, 0) is 16.1 Å². The third kappa shape index (κ3) is 4.83. The van der Waals surface area contributed by atoms with E-state index in [0.717, 1.165) is 29.8 Å². The molecule has 150 valence electrons. The summed E-state index contributed by atoms with van der Waals surface area (Å²) in [6.45, 7) is 4.19. The highest BCUT2D eigenvalue weighted by Gasteiger charge is 2.22. The number of hydrogen-bond acceptors (Lipinski definition) is 3. The Kier molecular flexibility index (Phi) is 6.90. The Balaban J connectivity index is 1.85. The minimum atomic E-state index is -0.347. The first-order chi connectivity index (χ1) is 13.6. The first kappa shape index (κ1) is 20.2. The highest BCUT2D eigenvalue weighted by atomic mass is 16.5. The van der Waals surface area contributed by atoms with E-state index in [9.17, 15) is 9.59 Å². The van der Waals surface area contributed by atoms with Gasteiger partial charge in [-0.15, -0.1) is 0 Å². The van der Waals surface area contributed by atoms with Gasteiger partial charge in [-0.2, -0.15) is 0 Å². The summed E-state index contributed by atoms with van der Waals surface area (Å²) in [7, 11) is 0. The normalized spacial score (nSPS) is 15.1. The molecule has 0 aliphatic heterocycles. The lowest BCUT2D eigenvalue weighted by atomic mass is 10.1. The molecule has 28 heavy (non-hydrogen) atoms. The van der Waals surface area contributed by atoms with E-state index in [-0.39, 0.29) is 24.5 Å². The molecule has 5 nitrogen and oxygen atoms in total. The summed E-state index contributed by atoms with van der Waals surface area (Å²) in [6.07, 6.45) is 6.96. The van der Waals surface area contributed by atoms with Gasteiger partial charge in [0.05, 0.1) is 12.2 Å². The summed E-state index contributed by atoms with van der Waals surface area (Å²) in [4.78, 5) is 25.2. The SMILES string of the molecule is CCOC(=O)c1cc(-c2ccccc2)n(CC(=O)NC2CCCCCC2)c1C. The minimum Gasteiger partial charge on any atom is -0.462 e. The maximum absolute atomic E-state index is 12.8. The van der Waals surface area contributed by atoms with Crippen LogP contribution >= 0.6 is 0 Å². The van der Waals surface area contributed by atoms with Crippen LogP contribution in [0.5, 0.6) is 0 Å². The highest BCUT2D eigenvalue weighted by molar-refractivity contribution is 5.93. The molecule has 1 N–H and O–H groups in total. The van der Waals surface area contributed by atoms with Gasteiger partial charge in [0, 0.05) is 17.4 Å². The molecule has 1 saturated carbocycles. The van der Waals surface area contributed by atoms with Crippen LogP contribution in [0.2, 0.25) is 0 Å². The molecule has 3 rings (SSSR count). The molecule has 0 radical (unpaired) electrons. The van der Waals surface area contributed by atoms with Crippen molar-refractivity contribution >= 4 is 11.9 Å².